The van der Waals surface area contributed by atoms with Crippen LogP contribution in [0.3, 0.4) is 0 Å². The normalized spacial score (nSPS) is 19.2. The standard InChI is InChI=1S/C28H32O3Se/c1-29-23-18-25(30-2)27(26(19-23)31-3)24(21-12-6-4-7-13-21)20-28(16-10-11-17-32-28)22-14-8-5-9-15-22/h4-9,12-15,18-19,24H,10-11,16-17,20H2,1-3H3. The molecule has 0 N–H and O–H groups in total. The van der Waals surface area contributed by atoms with Crippen molar-refractivity contribution in [1.82, 2.24) is 0 Å². The molecule has 4 heteroatoms. The molecule has 1 fully saturated rings. The van der Waals surface area contributed by atoms with Gasteiger partial charge >= 0.3 is 198 Å². The average molecular weight is 496 g/mol. The van der Waals surface area contributed by atoms with Crippen molar-refractivity contribution in [2.75, 3.05) is 21.3 Å². The third kappa shape index (κ3) is 4.67. The Morgan fingerprint density at radius 2 is 1.44 bits per heavy atom. The summed E-state index contributed by atoms with van der Waals surface area (Å²) in [5.74, 6) is 2.55. The summed E-state index contributed by atoms with van der Waals surface area (Å²) >= 11 is 0.534. The zero-order chi connectivity index (χ0) is 22.4. The molecule has 1 heterocycles. The molecule has 32 heavy (non-hydrogen) atoms. The first-order chi connectivity index (χ1) is 15.7. The van der Waals surface area contributed by atoms with Crippen LogP contribution in [0.5, 0.6) is 17.2 Å². The summed E-state index contributed by atoms with van der Waals surface area (Å²) in [4.78, 5) is 0. The van der Waals surface area contributed by atoms with E-state index >= 15 is 0 Å². The SMILES string of the molecule is COc1cc(OC)c(C(CC2(c3ccccc3)CCCC[Se]2)c2ccccc2)c(OC)c1. The molecule has 0 aliphatic carbocycles. The van der Waals surface area contributed by atoms with Crippen LogP contribution in [-0.2, 0) is 4.31 Å². The zero-order valence-electron chi connectivity index (χ0n) is 19.2. The second-order valence-electron chi connectivity index (χ2n) is 8.28. The Kier molecular flexibility index (Phi) is 7.44. The topological polar surface area (TPSA) is 27.7 Å². The fourth-order valence-electron chi connectivity index (χ4n) is 4.88. The molecule has 3 aromatic rings. The van der Waals surface area contributed by atoms with Gasteiger partial charge < -0.3 is 0 Å². The third-order valence-electron chi connectivity index (χ3n) is 6.49. The average Bonchev–Trinajstić information content (AvgIpc) is 2.88. The van der Waals surface area contributed by atoms with E-state index < -0.39 is 0 Å². The Morgan fingerprint density at radius 3 is 1.97 bits per heavy atom. The molecular weight excluding hydrogens is 463 g/mol. The van der Waals surface area contributed by atoms with E-state index in [1.807, 2.05) is 12.1 Å². The molecule has 0 saturated carbocycles. The molecule has 2 atom stereocenters. The molecule has 3 aromatic carbocycles. The van der Waals surface area contributed by atoms with Gasteiger partial charge in [0, 0.05) is 0 Å². The van der Waals surface area contributed by atoms with Gasteiger partial charge in [-0.2, -0.15) is 0 Å². The first kappa shape index (κ1) is 22.8. The van der Waals surface area contributed by atoms with Crippen molar-refractivity contribution in [3.05, 3.63) is 89.5 Å². The van der Waals surface area contributed by atoms with Gasteiger partial charge in [-0.15, -0.1) is 0 Å². The summed E-state index contributed by atoms with van der Waals surface area (Å²) in [6.45, 7) is 0. The molecule has 0 aromatic heterocycles. The molecule has 0 bridgehead atoms. The minimum absolute atomic E-state index is 0.159. The molecule has 1 aliphatic heterocycles. The van der Waals surface area contributed by atoms with Gasteiger partial charge in [-0.25, -0.2) is 0 Å². The maximum atomic E-state index is 5.91. The number of rotatable bonds is 8. The molecular formula is C28H32O3Se. The van der Waals surface area contributed by atoms with E-state index in [4.69, 9.17) is 14.2 Å². The first-order valence-corrected chi connectivity index (χ1v) is 13.3. The Morgan fingerprint density at radius 1 is 0.812 bits per heavy atom. The Labute approximate surface area is 198 Å². The van der Waals surface area contributed by atoms with E-state index in [9.17, 15) is 0 Å². The van der Waals surface area contributed by atoms with E-state index in [2.05, 4.69) is 60.7 Å². The van der Waals surface area contributed by atoms with Crippen molar-refractivity contribution < 1.29 is 14.2 Å². The van der Waals surface area contributed by atoms with Crippen LogP contribution < -0.4 is 14.2 Å². The molecule has 0 radical (unpaired) electrons. The Balaban J connectivity index is 1.88. The van der Waals surface area contributed by atoms with Crippen LogP contribution >= 0.6 is 0 Å². The van der Waals surface area contributed by atoms with Crippen molar-refractivity contribution in [1.29, 1.82) is 0 Å². The van der Waals surface area contributed by atoms with Gasteiger partial charge in [0.2, 0.25) is 0 Å². The van der Waals surface area contributed by atoms with Crippen LogP contribution in [0.2, 0.25) is 5.32 Å². The van der Waals surface area contributed by atoms with E-state index in [0.29, 0.717) is 15.0 Å². The summed E-state index contributed by atoms with van der Waals surface area (Å²) in [5.41, 5.74) is 3.89. The van der Waals surface area contributed by atoms with Gasteiger partial charge in [0.1, 0.15) is 0 Å². The zero-order valence-corrected chi connectivity index (χ0v) is 20.9. The van der Waals surface area contributed by atoms with Crippen LogP contribution in [0, 0.1) is 0 Å². The summed E-state index contributed by atoms with van der Waals surface area (Å²) in [6.07, 6.45) is 4.91. The monoisotopic (exact) mass is 496 g/mol. The fourth-order valence-corrected chi connectivity index (χ4v) is 8.27. The molecule has 4 rings (SSSR count). The van der Waals surface area contributed by atoms with Crippen LogP contribution in [-0.4, -0.2) is 36.3 Å². The van der Waals surface area contributed by atoms with Gasteiger partial charge in [-0.1, -0.05) is 0 Å². The van der Waals surface area contributed by atoms with Gasteiger partial charge in [0.15, 0.2) is 0 Å². The summed E-state index contributed by atoms with van der Waals surface area (Å²) in [5, 5.41) is 1.33. The van der Waals surface area contributed by atoms with Crippen molar-refractivity contribution in [3.63, 3.8) is 0 Å². The van der Waals surface area contributed by atoms with E-state index in [1.165, 1.54) is 35.7 Å². The van der Waals surface area contributed by atoms with Crippen molar-refractivity contribution in [2.45, 2.75) is 41.2 Å². The molecule has 1 saturated heterocycles. The predicted octanol–water partition coefficient (Wildman–Crippen LogP) is 6.44. The van der Waals surface area contributed by atoms with Crippen molar-refractivity contribution in [2.24, 2.45) is 0 Å². The first-order valence-electron chi connectivity index (χ1n) is 11.2. The van der Waals surface area contributed by atoms with Gasteiger partial charge in [0.25, 0.3) is 0 Å². The van der Waals surface area contributed by atoms with Crippen LogP contribution in [0.4, 0.5) is 0 Å². The molecule has 0 amide bonds. The number of hydrogen-bond acceptors (Lipinski definition) is 3. The van der Waals surface area contributed by atoms with Crippen LogP contribution in [0.25, 0.3) is 0 Å². The molecule has 0 spiro atoms. The number of benzene rings is 3. The molecule has 1 aliphatic rings. The van der Waals surface area contributed by atoms with E-state index in [0.717, 1.165) is 29.2 Å². The minimum atomic E-state index is 0.159. The molecule has 2 unspecified atom stereocenters. The van der Waals surface area contributed by atoms with Crippen LogP contribution in [0.1, 0.15) is 48.3 Å². The fraction of sp³-hybridized carbons (Fsp3) is 0.357. The molecule has 168 valence electrons. The summed E-state index contributed by atoms with van der Waals surface area (Å²) in [7, 11) is 5.14. The van der Waals surface area contributed by atoms with E-state index in [1.54, 1.807) is 21.3 Å². The van der Waals surface area contributed by atoms with Crippen molar-refractivity contribution >= 4 is 15.0 Å². The Bertz CT molecular complexity index is 973. The Hall–Kier alpha value is -2.42. The summed E-state index contributed by atoms with van der Waals surface area (Å²) in [6, 6.07) is 25.9. The number of ether oxygens (including phenoxy) is 3. The maximum absolute atomic E-state index is 5.91. The predicted molar refractivity (Wildman–Crippen MR) is 132 cm³/mol. The van der Waals surface area contributed by atoms with Gasteiger partial charge in [0.05, 0.1) is 0 Å². The van der Waals surface area contributed by atoms with E-state index in [-0.39, 0.29) is 10.2 Å². The summed E-state index contributed by atoms with van der Waals surface area (Å²) < 4.78 is 17.5. The van der Waals surface area contributed by atoms with Gasteiger partial charge in [-0.05, 0) is 0 Å². The van der Waals surface area contributed by atoms with Crippen LogP contribution in [0.15, 0.2) is 72.8 Å². The quantitative estimate of drug-likeness (QED) is 0.337. The second-order valence-corrected chi connectivity index (χ2v) is 11.4. The van der Waals surface area contributed by atoms with Gasteiger partial charge in [-0.3, -0.25) is 0 Å². The number of hydrogen-bond donors (Lipinski definition) is 0. The second kappa shape index (κ2) is 10.5. The molecule has 3 nitrogen and oxygen atoms in total. The third-order valence-corrected chi connectivity index (χ3v) is 9.96. The number of methoxy groups -OCH3 is 3. The van der Waals surface area contributed by atoms with Crippen molar-refractivity contribution in [3.8, 4) is 17.2 Å².